The van der Waals surface area contributed by atoms with Crippen molar-refractivity contribution in [2.75, 3.05) is 20.8 Å². The summed E-state index contributed by atoms with van der Waals surface area (Å²) in [4.78, 5) is 12.3. The maximum atomic E-state index is 12.3. The number of methoxy groups -OCH3 is 2. The van der Waals surface area contributed by atoms with E-state index in [0.29, 0.717) is 0 Å². The first kappa shape index (κ1) is 16.8. The fourth-order valence-electron chi connectivity index (χ4n) is 3.09. The molecule has 0 aliphatic carbocycles. The van der Waals surface area contributed by atoms with Gasteiger partial charge in [0, 0.05) is 5.56 Å². The van der Waals surface area contributed by atoms with Gasteiger partial charge in [0.2, 0.25) is 5.75 Å². The average Bonchev–Trinajstić information content (AvgIpc) is 2.58. The summed E-state index contributed by atoms with van der Waals surface area (Å²) in [5.41, 5.74) is 0.212. The Bertz CT molecular complexity index is 659. The van der Waals surface area contributed by atoms with Gasteiger partial charge in [-0.25, -0.2) is 4.79 Å². The second-order valence-electron chi connectivity index (χ2n) is 5.55. The summed E-state index contributed by atoms with van der Waals surface area (Å²) in [5.74, 6) is -1.30. The van der Waals surface area contributed by atoms with Crippen LogP contribution in [0.15, 0.2) is 6.07 Å². The number of aromatic hydroxyl groups is 1. The lowest BCUT2D eigenvalue weighted by molar-refractivity contribution is -0.234. The third-order valence-corrected chi connectivity index (χ3v) is 4.30. The zero-order chi connectivity index (χ0) is 17.6. The molecule has 0 aromatic heterocycles. The van der Waals surface area contributed by atoms with Crippen molar-refractivity contribution in [3.8, 4) is 17.2 Å². The zero-order valence-corrected chi connectivity index (χ0v) is 13.0. The van der Waals surface area contributed by atoms with Gasteiger partial charge in [-0.1, -0.05) is 0 Å². The Kier molecular flexibility index (Phi) is 4.26. The number of fused-ring (bicyclic) bond motifs is 3. The lowest BCUT2D eigenvalue weighted by Crippen LogP contribution is -2.58. The number of ether oxygens (including phenoxy) is 4. The molecule has 1 aromatic carbocycles. The highest BCUT2D eigenvalue weighted by molar-refractivity contribution is 5.97. The molecule has 0 amide bonds. The summed E-state index contributed by atoms with van der Waals surface area (Å²) >= 11 is 0. The van der Waals surface area contributed by atoms with Gasteiger partial charge in [-0.05, 0) is 6.07 Å². The summed E-state index contributed by atoms with van der Waals surface area (Å²) < 4.78 is 20.9. The minimum absolute atomic E-state index is 0.0452. The van der Waals surface area contributed by atoms with Crippen molar-refractivity contribution in [1.29, 1.82) is 0 Å². The Morgan fingerprint density at radius 3 is 2.50 bits per heavy atom. The zero-order valence-electron chi connectivity index (χ0n) is 13.0. The maximum absolute atomic E-state index is 12.3. The number of esters is 1. The third-order valence-electron chi connectivity index (χ3n) is 4.30. The Morgan fingerprint density at radius 2 is 1.92 bits per heavy atom. The minimum atomic E-state index is -1.44. The number of phenolic OH excluding ortho intramolecular Hbond substituents is 1. The number of hydrogen-bond acceptors (Lipinski definition) is 9. The molecule has 0 saturated carbocycles. The van der Waals surface area contributed by atoms with Crippen LogP contribution in [0.2, 0.25) is 0 Å². The second-order valence-corrected chi connectivity index (χ2v) is 5.55. The molecule has 5 atom stereocenters. The first-order chi connectivity index (χ1) is 11.4. The Hall–Kier alpha value is -2.07. The molecule has 1 saturated heterocycles. The normalized spacial score (nSPS) is 31.7. The van der Waals surface area contributed by atoms with E-state index in [1.807, 2.05) is 0 Å². The number of hydrogen-bond donors (Lipinski definition) is 4. The van der Waals surface area contributed by atoms with Gasteiger partial charge >= 0.3 is 5.97 Å². The van der Waals surface area contributed by atoms with Crippen LogP contribution in [0.3, 0.4) is 0 Å². The molecular weight excluding hydrogens is 324 g/mol. The Labute approximate surface area is 136 Å². The Balaban J connectivity index is 2.17. The van der Waals surface area contributed by atoms with Crippen LogP contribution < -0.4 is 9.47 Å². The molecule has 4 N–H and O–H groups in total. The number of benzene rings is 1. The van der Waals surface area contributed by atoms with Crippen molar-refractivity contribution in [3.05, 3.63) is 17.2 Å². The SMILES string of the molecule is COc1cc2c(c(OC)c1O)C(=O)O[C@@H]1[C@@H](O)[C@H](O)[C@@H](CO)O[C@@H]21. The van der Waals surface area contributed by atoms with Crippen molar-refractivity contribution in [1.82, 2.24) is 0 Å². The molecule has 0 radical (unpaired) electrons. The number of rotatable bonds is 3. The monoisotopic (exact) mass is 342 g/mol. The van der Waals surface area contributed by atoms with Crippen LogP contribution >= 0.6 is 0 Å². The fourth-order valence-corrected chi connectivity index (χ4v) is 3.09. The molecule has 3 rings (SSSR count). The van der Waals surface area contributed by atoms with Crippen LogP contribution in [0.4, 0.5) is 0 Å². The predicted octanol–water partition coefficient (Wildman–Crippen LogP) is -0.898. The van der Waals surface area contributed by atoms with Gasteiger partial charge in [0.15, 0.2) is 17.6 Å². The molecule has 2 heterocycles. The predicted molar refractivity (Wildman–Crippen MR) is 77.1 cm³/mol. The highest BCUT2D eigenvalue weighted by atomic mass is 16.6. The van der Waals surface area contributed by atoms with E-state index in [9.17, 15) is 25.2 Å². The van der Waals surface area contributed by atoms with Gasteiger partial charge in [-0.2, -0.15) is 0 Å². The number of aliphatic hydroxyl groups excluding tert-OH is 3. The summed E-state index contributed by atoms with van der Waals surface area (Å²) in [6.45, 7) is -0.531. The van der Waals surface area contributed by atoms with Gasteiger partial charge in [-0.3, -0.25) is 0 Å². The molecule has 1 fully saturated rings. The van der Waals surface area contributed by atoms with Crippen LogP contribution in [0.1, 0.15) is 22.0 Å². The van der Waals surface area contributed by atoms with Crippen LogP contribution in [0.25, 0.3) is 0 Å². The van der Waals surface area contributed by atoms with Crippen molar-refractivity contribution >= 4 is 5.97 Å². The standard InChI is InChI=1S/C15H18O9/c1-21-6-3-5-8(13(22-2)10(6)18)15(20)24-14-11(19)9(17)7(4-16)23-12(5)14/h3,7,9,11-12,14,16-19H,4H2,1-2H3/t7-,9-,11+,12+,14-/m1/s1. The molecule has 2 aliphatic heterocycles. The lowest BCUT2D eigenvalue weighted by Gasteiger charge is -2.44. The van der Waals surface area contributed by atoms with Crippen molar-refractivity contribution < 1.29 is 44.2 Å². The van der Waals surface area contributed by atoms with E-state index < -0.39 is 43.1 Å². The number of phenols is 1. The molecule has 24 heavy (non-hydrogen) atoms. The molecule has 0 unspecified atom stereocenters. The lowest BCUT2D eigenvalue weighted by atomic mass is 9.86. The highest BCUT2D eigenvalue weighted by Gasteiger charge is 2.51. The fraction of sp³-hybridized carbons (Fsp3) is 0.533. The third kappa shape index (κ3) is 2.28. The van der Waals surface area contributed by atoms with Gasteiger partial charge in [0.05, 0.1) is 20.8 Å². The quantitative estimate of drug-likeness (QED) is 0.515. The van der Waals surface area contributed by atoms with E-state index in [1.54, 1.807) is 0 Å². The van der Waals surface area contributed by atoms with E-state index in [0.717, 1.165) is 0 Å². The molecule has 2 aliphatic rings. The Morgan fingerprint density at radius 1 is 1.21 bits per heavy atom. The van der Waals surface area contributed by atoms with Gasteiger partial charge in [0.1, 0.15) is 30.0 Å². The number of carbonyl (C=O) groups is 1. The minimum Gasteiger partial charge on any atom is -0.502 e. The molecule has 9 nitrogen and oxygen atoms in total. The average molecular weight is 342 g/mol. The number of carbonyl (C=O) groups excluding carboxylic acids is 1. The van der Waals surface area contributed by atoms with Crippen LogP contribution in [0.5, 0.6) is 17.2 Å². The molecule has 1 aromatic rings. The molecule has 9 heteroatoms. The van der Waals surface area contributed by atoms with E-state index in [1.165, 1.54) is 20.3 Å². The highest BCUT2D eigenvalue weighted by Crippen LogP contribution is 2.48. The van der Waals surface area contributed by atoms with Gasteiger partial charge in [-0.15, -0.1) is 0 Å². The van der Waals surface area contributed by atoms with E-state index in [4.69, 9.17) is 18.9 Å². The van der Waals surface area contributed by atoms with Crippen molar-refractivity contribution in [2.24, 2.45) is 0 Å². The molecule has 0 spiro atoms. The van der Waals surface area contributed by atoms with E-state index in [2.05, 4.69) is 0 Å². The van der Waals surface area contributed by atoms with Crippen molar-refractivity contribution in [2.45, 2.75) is 30.5 Å². The van der Waals surface area contributed by atoms with Gasteiger partial charge in [0.25, 0.3) is 0 Å². The molecule has 0 bridgehead atoms. The molecule has 132 valence electrons. The smallest absolute Gasteiger partial charge is 0.342 e. The van der Waals surface area contributed by atoms with Crippen LogP contribution in [-0.2, 0) is 9.47 Å². The van der Waals surface area contributed by atoms with Gasteiger partial charge < -0.3 is 39.4 Å². The second kappa shape index (κ2) is 6.10. The van der Waals surface area contributed by atoms with Crippen molar-refractivity contribution in [3.63, 3.8) is 0 Å². The topological polar surface area (TPSA) is 135 Å². The first-order valence-electron chi connectivity index (χ1n) is 7.25. The summed E-state index contributed by atoms with van der Waals surface area (Å²) in [6.07, 6.45) is -6.04. The largest absolute Gasteiger partial charge is 0.502 e. The number of aliphatic hydroxyl groups is 3. The van der Waals surface area contributed by atoms with Crippen LogP contribution in [-0.4, -0.2) is 71.6 Å². The summed E-state index contributed by atoms with van der Waals surface area (Å²) in [7, 11) is 2.60. The summed E-state index contributed by atoms with van der Waals surface area (Å²) in [5, 5.41) is 39.6. The first-order valence-corrected chi connectivity index (χ1v) is 7.25. The molecular formula is C15H18O9. The van der Waals surface area contributed by atoms with Crippen LogP contribution in [0, 0.1) is 0 Å². The summed E-state index contributed by atoms with van der Waals surface area (Å²) in [6, 6.07) is 1.38. The van der Waals surface area contributed by atoms with E-state index >= 15 is 0 Å². The maximum Gasteiger partial charge on any atom is 0.342 e. The van der Waals surface area contributed by atoms with E-state index in [-0.39, 0.29) is 28.4 Å².